The maximum atomic E-state index is 13.3. The fourth-order valence-electron chi connectivity index (χ4n) is 5.22. The molecule has 0 aromatic carbocycles. The van der Waals surface area contributed by atoms with E-state index >= 15 is 0 Å². The highest BCUT2D eigenvalue weighted by molar-refractivity contribution is 5.97. The molecular formula is C37H67N13O12. The molecule has 9 atom stereocenters. The van der Waals surface area contributed by atoms with Crippen LogP contribution in [0.3, 0.4) is 0 Å². The number of carboxylic acid groups (broad SMARTS) is 1. The van der Waals surface area contributed by atoms with Gasteiger partial charge < -0.3 is 75.3 Å². The molecule has 0 fully saturated rings. The van der Waals surface area contributed by atoms with Gasteiger partial charge in [-0.05, 0) is 65.7 Å². The zero-order valence-corrected chi connectivity index (χ0v) is 36.7. The van der Waals surface area contributed by atoms with Crippen molar-refractivity contribution < 1.29 is 58.2 Å². The van der Waals surface area contributed by atoms with Crippen molar-refractivity contribution >= 4 is 65.1 Å². The topological polar surface area (TPSA) is 410 Å². The molecule has 0 saturated carbocycles. The molecule has 62 heavy (non-hydrogen) atoms. The Morgan fingerprint density at radius 3 is 1.47 bits per heavy atom. The van der Waals surface area contributed by atoms with Crippen molar-refractivity contribution in [1.29, 1.82) is 0 Å². The van der Waals surface area contributed by atoms with Gasteiger partial charge in [0.1, 0.15) is 42.3 Å². The first-order chi connectivity index (χ1) is 28.7. The molecule has 0 saturated heterocycles. The summed E-state index contributed by atoms with van der Waals surface area (Å²) in [5.74, 6) is -9.18. The van der Waals surface area contributed by atoms with Crippen LogP contribution in [0.4, 0.5) is 0 Å². The largest absolute Gasteiger partial charge is 0.480 e. The maximum absolute atomic E-state index is 13.3. The highest BCUT2D eigenvalue weighted by atomic mass is 16.4. The Morgan fingerprint density at radius 1 is 0.548 bits per heavy atom. The molecule has 0 aliphatic carbocycles. The third kappa shape index (κ3) is 21.9. The average Bonchev–Trinajstić information content (AvgIpc) is 3.16. The van der Waals surface area contributed by atoms with Crippen molar-refractivity contribution in [2.45, 2.75) is 136 Å². The van der Waals surface area contributed by atoms with Gasteiger partial charge in [-0.25, -0.2) is 4.79 Å². The summed E-state index contributed by atoms with van der Waals surface area (Å²) in [7, 11) is 0. The van der Waals surface area contributed by atoms with Crippen molar-refractivity contribution in [3.05, 3.63) is 0 Å². The lowest BCUT2D eigenvalue weighted by atomic mass is 10.0. The monoisotopic (exact) mass is 886 g/mol. The van der Waals surface area contributed by atoms with Gasteiger partial charge >= 0.3 is 5.97 Å². The fourth-order valence-corrected chi connectivity index (χ4v) is 5.22. The second-order valence-corrected chi connectivity index (χ2v) is 15.5. The highest BCUT2D eigenvalue weighted by Crippen LogP contribution is 2.07. The molecule has 0 aromatic heterocycles. The Morgan fingerprint density at radius 2 is 1.02 bits per heavy atom. The predicted molar refractivity (Wildman–Crippen MR) is 224 cm³/mol. The van der Waals surface area contributed by atoms with Crippen LogP contribution in [-0.4, -0.2) is 149 Å². The SMILES string of the molecule is CC(C)C[C@H](NC(=O)[C@H](C)N)C(=O)NCC(=O)N[C@@H](C)C(=O)N[C@@H](C)C(=O)NCC(=O)N[C@@H](C)C(=O)N[C@H](C(=O)N[C@@H](CCCN=C(N)N)C(=O)N[C@H](C(=O)O)C(C)C)[C@@H](C)O. The van der Waals surface area contributed by atoms with Crippen LogP contribution < -0.4 is 65.1 Å². The molecule has 0 bridgehead atoms. The second kappa shape index (κ2) is 27.7. The molecule has 0 rings (SSSR count). The average molecular weight is 886 g/mol. The summed E-state index contributed by atoms with van der Waals surface area (Å²) in [6.45, 7) is 12.2. The van der Waals surface area contributed by atoms with Gasteiger partial charge in [-0.3, -0.25) is 48.1 Å². The van der Waals surface area contributed by atoms with Crippen molar-refractivity contribution in [1.82, 2.24) is 47.9 Å². The number of nitrogens with zero attached hydrogens (tertiary/aromatic N) is 1. The summed E-state index contributed by atoms with van der Waals surface area (Å²) < 4.78 is 0. The Labute approximate surface area is 360 Å². The van der Waals surface area contributed by atoms with Gasteiger partial charge in [-0.15, -0.1) is 0 Å². The molecule has 0 spiro atoms. The molecule has 352 valence electrons. The van der Waals surface area contributed by atoms with E-state index in [9.17, 15) is 58.2 Å². The smallest absolute Gasteiger partial charge is 0.326 e. The van der Waals surface area contributed by atoms with E-state index in [1.807, 2.05) is 13.8 Å². The summed E-state index contributed by atoms with van der Waals surface area (Å²) in [4.78, 5) is 130. The third-order valence-electron chi connectivity index (χ3n) is 8.76. The number of carbonyl (C=O) groups is 10. The number of aliphatic hydroxyl groups is 1. The number of aliphatic carboxylic acids is 1. The molecule has 0 aliphatic rings. The lowest BCUT2D eigenvalue weighted by molar-refractivity contribution is -0.143. The predicted octanol–water partition coefficient (Wildman–Crippen LogP) is -5.76. The van der Waals surface area contributed by atoms with Crippen LogP contribution in [0.5, 0.6) is 0 Å². The minimum Gasteiger partial charge on any atom is -0.480 e. The number of carbonyl (C=O) groups excluding carboxylic acids is 9. The Bertz CT molecular complexity index is 1620. The van der Waals surface area contributed by atoms with Crippen LogP contribution in [0.15, 0.2) is 4.99 Å². The van der Waals surface area contributed by atoms with Gasteiger partial charge in [0, 0.05) is 6.54 Å². The number of guanidine groups is 1. The molecule has 0 unspecified atom stereocenters. The molecule has 9 amide bonds. The van der Waals surface area contributed by atoms with Crippen molar-refractivity contribution in [3.8, 4) is 0 Å². The van der Waals surface area contributed by atoms with E-state index in [4.69, 9.17) is 17.2 Å². The van der Waals surface area contributed by atoms with E-state index in [2.05, 4.69) is 52.8 Å². The number of carboxylic acids is 1. The van der Waals surface area contributed by atoms with E-state index in [0.717, 1.165) is 0 Å². The second-order valence-electron chi connectivity index (χ2n) is 15.5. The van der Waals surface area contributed by atoms with E-state index in [1.165, 1.54) is 34.6 Å². The van der Waals surface area contributed by atoms with Gasteiger partial charge in [-0.2, -0.15) is 0 Å². The molecule has 0 aliphatic heterocycles. The third-order valence-corrected chi connectivity index (χ3v) is 8.76. The lowest BCUT2D eigenvalue weighted by Gasteiger charge is -2.27. The van der Waals surface area contributed by atoms with Gasteiger partial charge in [0.15, 0.2) is 5.96 Å². The fraction of sp³-hybridized carbons (Fsp3) is 0.703. The summed E-state index contributed by atoms with van der Waals surface area (Å²) >= 11 is 0. The number of aliphatic imine (C=N–C) groups is 1. The van der Waals surface area contributed by atoms with Crippen LogP contribution in [0.25, 0.3) is 0 Å². The van der Waals surface area contributed by atoms with Gasteiger partial charge in [0.05, 0.1) is 25.2 Å². The van der Waals surface area contributed by atoms with Crippen LogP contribution in [0.1, 0.15) is 81.6 Å². The van der Waals surface area contributed by atoms with Gasteiger partial charge in [-0.1, -0.05) is 27.7 Å². The number of nitrogens with two attached hydrogens (primary N) is 3. The van der Waals surface area contributed by atoms with E-state index < -0.39 is 133 Å². The Hall–Kier alpha value is -6.11. The van der Waals surface area contributed by atoms with Crippen LogP contribution >= 0.6 is 0 Å². The van der Waals surface area contributed by atoms with Crippen LogP contribution in [0, 0.1) is 11.8 Å². The number of amides is 9. The molecule has 25 heteroatoms. The summed E-state index contributed by atoms with van der Waals surface area (Å²) in [5.41, 5.74) is 16.2. The summed E-state index contributed by atoms with van der Waals surface area (Å²) in [5, 5.41) is 41.2. The zero-order valence-electron chi connectivity index (χ0n) is 36.7. The van der Waals surface area contributed by atoms with Crippen LogP contribution in [0.2, 0.25) is 0 Å². The number of hydrogen-bond acceptors (Lipinski definition) is 13. The zero-order chi connectivity index (χ0) is 48.0. The first-order valence-corrected chi connectivity index (χ1v) is 20.1. The number of hydrogen-bond donors (Lipinski definition) is 14. The van der Waals surface area contributed by atoms with Crippen LogP contribution in [-0.2, 0) is 47.9 Å². The highest BCUT2D eigenvalue weighted by Gasteiger charge is 2.33. The molecule has 0 aromatic rings. The summed E-state index contributed by atoms with van der Waals surface area (Å²) in [6, 6.07) is -9.77. The number of nitrogens with one attached hydrogen (secondary N) is 9. The quantitative estimate of drug-likeness (QED) is 0.0208. The van der Waals surface area contributed by atoms with Crippen molar-refractivity contribution in [3.63, 3.8) is 0 Å². The Balaban J connectivity index is 5.24. The standard InChI is InChI=1S/C37H67N13O12/c1-16(2)13-24(48-29(54)18(5)38)33(58)43-15-26(53)44-20(7)31(56)46-19(6)30(55)42-14-25(52)45-21(8)32(57)50-28(22(9)51)35(60)47-23(11-10-12-41-37(39)40)34(59)49-27(17(3)4)36(61)62/h16-24,27-28,51H,10-15,38H2,1-9H3,(H,42,55)(H,43,58)(H,44,53)(H,45,52)(H,46,56)(H,47,60)(H,48,54)(H,49,59)(H,50,57)(H,61,62)(H4,39,40,41)/t18-,19-,20-,21-,22+,23-,24-,27-,28-/m0/s1. The van der Waals surface area contributed by atoms with E-state index in [1.54, 1.807) is 13.8 Å². The first-order valence-electron chi connectivity index (χ1n) is 20.1. The van der Waals surface area contributed by atoms with E-state index in [-0.39, 0.29) is 37.7 Å². The van der Waals surface area contributed by atoms with Crippen molar-refractivity contribution in [2.75, 3.05) is 19.6 Å². The van der Waals surface area contributed by atoms with Gasteiger partial charge in [0.25, 0.3) is 0 Å². The Kier molecular flexibility index (Phi) is 25.0. The molecule has 17 N–H and O–H groups in total. The minimum absolute atomic E-state index is 0.0237. The first kappa shape index (κ1) is 55.9. The van der Waals surface area contributed by atoms with Gasteiger partial charge in [0.2, 0.25) is 53.2 Å². The van der Waals surface area contributed by atoms with E-state index in [0.29, 0.717) is 0 Å². The molecular weight excluding hydrogens is 818 g/mol. The molecule has 25 nitrogen and oxygen atoms in total. The molecule has 0 radical (unpaired) electrons. The lowest BCUT2D eigenvalue weighted by Crippen LogP contribution is -2.60. The maximum Gasteiger partial charge on any atom is 0.326 e. The minimum atomic E-state index is -1.65. The number of rotatable bonds is 27. The van der Waals surface area contributed by atoms with Crippen molar-refractivity contribution in [2.24, 2.45) is 34.0 Å². The normalized spacial score (nSPS) is 15.3. The summed E-state index contributed by atoms with van der Waals surface area (Å²) in [6.07, 6.45) is -1.13. The molecule has 0 heterocycles. The number of aliphatic hydroxyl groups excluding tert-OH is 1.